The zero-order valence-corrected chi connectivity index (χ0v) is 14.8. The molecule has 0 aliphatic rings. The highest BCUT2D eigenvalue weighted by Crippen LogP contribution is 2.19. The van der Waals surface area contributed by atoms with Gasteiger partial charge in [0.2, 0.25) is 0 Å². The topological polar surface area (TPSA) is 72.5 Å². The highest BCUT2D eigenvalue weighted by atomic mass is 35.5. The molecule has 0 radical (unpaired) electrons. The first-order valence-corrected chi connectivity index (χ1v) is 8.28. The number of hydrogen-bond donors (Lipinski definition) is 1. The first kappa shape index (κ1) is 19.6. The zero-order chi connectivity index (χ0) is 19.1. The average Bonchev–Trinajstić information content (AvgIpc) is 2.63. The van der Waals surface area contributed by atoms with Gasteiger partial charge in [-0.3, -0.25) is 14.4 Å². The van der Waals surface area contributed by atoms with E-state index in [1.165, 1.54) is 19.1 Å². The van der Waals surface area contributed by atoms with Crippen LogP contribution in [0, 0.1) is 5.82 Å². The van der Waals surface area contributed by atoms with Crippen LogP contribution in [0.1, 0.15) is 30.1 Å². The van der Waals surface area contributed by atoms with Crippen molar-refractivity contribution in [3.63, 3.8) is 0 Å². The van der Waals surface area contributed by atoms with E-state index >= 15 is 0 Å². The Hall–Kier alpha value is -2.73. The fourth-order valence-corrected chi connectivity index (χ4v) is 2.29. The van der Waals surface area contributed by atoms with E-state index < -0.39 is 23.8 Å². The maximum atomic E-state index is 13.1. The SMILES string of the molecule is C[C@@H](OC(=O)CCC(=O)c1ccccc1)C(=O)Nc1ccc(F)c(Cl)c1. The first-order chi connectivity index (χ1) is 12.4. The summed E-state index contributed by atoms with van der Waals surface area (Å²) in [5.74, 6) is -2.03. The predicted molar refractivity (Wildman–Crippen MR) is 95.6 cm³/mol. The molecule has 0 spiro atoms. The summed E-state index contributed by atoms with van der Waals surface area (Å²) in [7, 11) is 0. The lowest BCUT2D eigenvalue weighted by atomic mass is 10.1. The van der Waals surface area contributed by atoms with Gasteiger partial charge in [0.05, 0.1) is 11.4 Å². The molecular weight excluding hydrogens is 361 g/mol. The Kier molecular flexibility index (Phi) is 6.86. The fourth-order valence-electron chi connectivity index (χ4n) is 2.11. The number of ketones is 1. The van der Waals surface area contributed by atoms with E-state index in [0.717, 1.165) is 6.07 Å². The monoisotopic (exact) mass is 377 g/mol. The van der Waals surface area contributed by atoms with Gasteiger partial charge in [-0.1, -0.05) is 41.9 Å². The number of esters is 1. The molecule has 1 atom stereocenters. The lowest BCUT2D eigenvalue weighted by Crippen LogP contribution is -2.30. The fraction of sp³-hybridized carbons (Fsp3) is 0.211. The number of nitrogens with one attached hydrogen (secondary N) is 1. The molecule has 0 saturated carbocycles. The van der Waals surface area contributed by atoms with Crippen molar-refractivity contribution >= 4 is 34.9 Å². The molecule has 0 aliphatic heterocycles. The van der Waals surface area contributed by atoms with Crippen LogP contribution in [0.3, 0.4) is 0 Å². The van der Waals surface area contributed by atoms with E-state index in [1.54, 1.807) is 30.3 Å². The molecule has 1 amide bonds. The molecule has 136 valence electrons. The van der Waals surface area contributed by atoms with Gasteiger partial charge in [0.25, 0.3) is 5.91 Å². The van der Waals surface area contributed by atoms with Crippen molar-refractivity contribution in [1.29, 1.82) is 0 Å². The number of amides is 1. The average molecular weight is 378 g/mol. The van der Waals surface area contributed by atoms with E-state index in [0.29, 0.717) is 5.56 Å². The number of carbonyl (C=O) groups is 3. The Bertz CT molecular complexity index is 810. The van der Waals surface area contributed by atoms with E-state index in [-0.39, 0.29) is 29.3 Å². The van der Waals surface area contributed by atoms with Gasteiger partial charge in [0, 0.05) is 17.7 Å². The molecule has 0 saturated heterocycles. The van der Waals surface area contributed by atoms with Crippen LogP contribution in [-0.4, -0.2) is 23.8 Å². The summed E-state index contributed by atoms with van der Waals surface area (Å²) >= 11 is 5.64. The van der Waals surface area contributed by atoms with E-state index in [2.05, 4.69) is 5.32 Å². The molecule has 0 heterocycles. The third-order valence-electron chi connectivity index (χ3n) is 3.52. The highest BCUT2D eigenvalue weighted by Gasteiger charge is 2.19. The smallest absolute Gasteiger partial charge is 0.307 e. The van der Waals surface area contributed by atoms with Crippen molar-refractivity contribution in [2.24, 2.45) is 0 Å². The van der Waals surface area contributed by atoms with Crippen LogP contribution in [0.15, 0.2) is 48.5 Å². The lowest BCUT2D eigenvalue weighted by molar-refractivity contribution is -0.153. The van der Waals surface area contributed by atoms with Crippen LogP contribution < -0.4 is 5.32 Å². The van der Waals surface area contributed by atoms with Gasteiger partial charge in [-0.2, -0.15) is 0 Å². The highest BCUT2D eigenvalue weighted by molar-refractivity contribution is 6.31. The quantitative estimate of drug-likeness (QED) is 0.584. The molecule has 0 fully saturated rings. The molecule has 7 heteroatoms. The maximum Gasteiger partial charge on any atom is 0.307 e. The summed E-state index contributed by atoms with van der Waals surface area (Å²) in [4.78, 5) is 35.8. The Balaban J connectivity index is 1.81. The van der Waals surface area contributed by atoms with E-state index in [4.69, 9.17) is 16.3 Å². The largest absolute Gasteiger partial charge is 0.453 e. The van der Waals surface area contributed by atoms with Gasteiger partial charge in [-0.15, -0.1) is 0 Å². The normalized spacial score (nSPS) is 11.5. The van der Waals surface area contributed by atoms with Gasteiger partial charge in [0.15, 0.2) is 11.9 Å². The second-order valence-corrected chi connectivity index (χ2v) is 5.95. The number of rotatable bonds is 7. The molecule has 1 N–H and O–H groups in total. The summed E-state index contributed by atoms with van der Waals surface area (Å²) < 4.78 is 18.1. The number of anilines is 1. The van der Waals surface area contributed by atoms with Gasteiger partial charge in [-0.25, -0.2) is 4.39 Å². The molecule has 2 rings (SSSR count). The zero-order valence-electron chi connectivity index (χ0n) is 14.0. The third-order valence-corrected chi connectivity index (χ3v) is 3.81. The minimum absolute atomic E-state index is 0.00917. The van der Waals surface area contributed by atoms with Crippen molar-refractivity contribution in [1.82, 2.24) is 0 Å². The third kappa shape index (κ3) is 5.67. The molecule has 2 aromatic carbocycles. The van der Waals surface area contributed by atoms with Gasteiger partial charge in [0.1, 0.15) is 5.82 Å². The number of carbonyl (C=O) groups excluding carboxylic acids is 3. The van der Waals surface area contributed by atoms with Crippen LogP contribution in [0.2, 0.25) is 5.02 Å². The summed E-state index contributed by atoms with van der Waals surface area (Å²) in [6.45, 7) is 1.40. The second-order valence-electron chi connectivity index (χ2n) is 5.54. The van der Waals surface area contributed by atoms with Crippen LogP contribution in [0.4, 0.5) is 10.1 Å². The molecule has 0 bridgehead atoms. The Morgan fingerprint density at radius 1 is 1.12 bits per heavy atom. The lowest BCUT2D eigenvalue weighted by Gasteiger charge is -2.13. The Morgan fingerprint density at radius 3 is 2.46 bits per heavy atom. The van der Waals surface area contributed by atoms with Gasteiger partial charge < -0.3 is 10.1 Å². The second kappa shape index (κ2) is 9.10. The molecule has 0 aromatic heterocycles. The molecule has 5 nitrogen and oxygen atoms in total. The molecule has 0 unspecified atom stereocenters. The number of Topliss-reactive ketones (excluding diaryl/α,β-unsaturated/α-hetero) is 1. The number of halogens is 2. The van der Waals surface area contributed by atoms with Crippen LogP contribution in [0.25, 0.3) is 0 Å². The van der Waals surface area contributed by atoms with Crippen molar-refractivity contribution in [3.05, 3.63) is 64.9 Å². The maximum absolute atomic E-state index is 13.1. The predicted octanol–water partition coefficient (Wildman–Crippen LogP) is 4.01. The number of ether oxygens (including phenoxy) is 1. The first-order valence-electron chi connectivity index (χ1n) is 7.90. The molecular formula is C19H17ClFNO4. The minimum atomic E-state index is -1.07. The summed E-state index contributed by atoms with van der Waals surface area (Å²) in [6.07, 6.45) is -1.21. The van der Waals surface area contributed by atoms with Crippen molar-refractivity contribution < 1.29 is 23.5 Å². The van der Waals surface area contributed by atoms with Crippen molar-refractivity contribution in [2.45, 2.75) is 25.9 Å². The van der Waals surface area contributed by atoms with Crippen LogP contribution in [-0.2, 0) is 14.3 Å². The number of hydrogen-bond acceptors (Lipinski definition) is 4. The van der Waals surface area contributed by atoms with Crippen LogP contribution >= 0.6 is 11.6 Å². The van der Waals surface area contributed by atoms with Gasteiger partial charge in [-0.05, 0) is 25.1 Å². The minimum Gasteiger partial charge on any atom is -0.453 e. The Labute approximate surface area is 155 Å². The summed E-state index contributed by atoms with van der Waals surface area (Å²) in [6, 6.07) is 12.3. The number of benzene rings is 2. The summed E-state index contributed by atoms with van der Waals surface area (Å²) in [5.41, 5.74) is 0.794. The van der Waals surface area contributed by atoms with Gasteiger partial charge >= 0.3 is 5.97 Å². The van der Waals surface area contributed by atoms with Crippen molar-refractivity contribution in [3.8, 4) is 0 Å². The van der Waals surface area contributed by atoms with E-state index in [9.17, 15) is 18.8 Å². The van der Waals surface area contributed by atoms with E-state index in [1.807, 2.05) is 0 Å². The van der Waals surface area contributed by atoms with Crippen molar-refractivity contribution in [2.75, 3.05) is 5.32 Å². The van der Waals surface area contributed by atoms with Crippen LogP contribution in [0.5, 0.6) is 0 Å². The Morgan fingerprint density at radius 2 is 1.81 bits per heavy atom. The molecule has 0 aliphatic carbocycles. The molecule has 2 aromatic rings. The summed E-state index contributed by atoms with van der Waals surface area (Å²) in [5, 5.41) is 2.34. The molecule has 26 heavy (non-hydrogen) atoms. The standard InChI is InChI=1S/C19H17ClFNO4/c1-12(19(25)22-14-7-8-16(21)15(20)11-14)26-18(24)10-9-17(23)13-5-3-2-4-6-13/h2-8,11-12H,9-10H2,1H3,(H,22,25)/t12-/m1/s1.